The van der Waals surface area contributed by atoms with Crippen LogP contribution in [0.3, 0.4) is 0 Å². The molecule has 6 aromatic rings. The van der Waals surface area contributed by atoms with Crippen molar-refractivity contribution in [1.29, 1.82) is 0 Å². The Morgan fingerprint density at radius 3 is 1.17 bits per heavy atom. The maximum Gasteiger partial charge on any atom is 0.0371 e. The monoisotopic (exact) mass is 611 g/mol. The lowest BCUT2D eigenvalue weighted by molar-refractivity contribution is 0.310. The largest absolute Gasteiger partial charge is 0.366 e. The molecule has 0 atom stereocenters. The molecule has 2 fully saturated rings. The first kappa shape index (κ1) is 29.8. The number of hydrogen-bond donors (Lipinski definition) is 0. The third kappa shape index (κ3) is 6.50. The van der Waals surface area contributed by atoms with Crippen LogP contribution in [0.25, 0.3) is 33.0 Å². The Kier molecular flexibility index (Phi) is 8.63. The summed E-state index contributed by atoms with van der Waals surface area (Å²) in [5.41, 5.74) is 9.58. The molecule has 0 unspecified atom stereocenters. The van der Waals surface area contributed by atoms with Crippen molar-refractivity contribution in [2.45, 2.75) is 75.3 Å². The zero-order valence-corrected chi connectivity index (χ0v) is 27.3. The molecule has 0 aliphatic heterocycles. The fraction of sp³-hybridized carbons (Fsp3) is 0.261. The summed E-state index contributed by atoms with van der Waals surface area (Å²) >= 11 is 0. The van der Waals surface area contributed by atoms with Gasteiger partial charge < -0.3 is 4.90 Å². The highest BCUT2D eigenvalue weighted by molar-refractivity contribution is 5.91. The highest BCUT2D eigenvalue weighted by atomic mass is 15.2. The second-order valence-electron chi connectivity index (χ2n) is 13.9. The van der Waals surface area contributed by atoms with Gasteiger partial charge in [0.05, 0.1) is 0 Å². The van der Waals surface area contributed by atoms with E-state index in [9.17, 15) is 0 Å². The molecule has 1 nitrogen and oxygen atoms in total. The number of nitrogens with zero attached hydrogens (tertiary/aromatic N) is 1. The van der Waals surface area contributed by atoms with Crippen molar-refractivity contribution in [3.05, 3.63) is 163 Å². The molecular formula is C46H45N. The molecule has 8 rings (SSSR count). The number of hydrogen-bond acceptors (Lipinski definition) is 1. The zero-order chi connectivity index (χ0) is 31.4. The molecule has 2 aliphatic rings. The number of fused-ring (bicyclic) bond motifs is 1. The van der Waals surface area contributed by atoms with Gasteiger partial charge in [-0.15, -0.1) is 0 Å². The van der Waals surface area contributed by atoms with Gasteiger partial charge in [-0.05, 0) is 132 Å². The number of benzene rings is 6. The molecule has 47 heavy (non-hydrogen) atoms. The summed E-state index contributed by atoms with van der Waals surface area (Å²) in [6.07, 6.45) is 10.2. The molecule has 2 saturated carbocycles. The van der Waals surface area contributed by atoms with Crippen LogP contribution in [0, 0.1) is 0 Å². The van der Waals surface area contributed by atoms with Gasteiger partial charge in [-0.2, -0.15) is 0 Å². The average molecular weight is 612 g/mol. The molecule has 234 valence electrons. The first-order chi connectivity index (χ1) is 23.3. The van der Waals surface area contributed by atoms with E-state index < -0.39 is 0 Å². The topological polar surface area (TPSA) is 3.24 Å². The highest BCUT2D eigenvalue weighted by Gasteiger charge is 2.33. The molecule has 0 saturated heterocycles. The van der Waals surface area contributed by atoms with Crippen LogP contribution in [0.4, 0.5) is 5.69 Å². The van der Waals surface area contributed by atoms with E-state index in [1.807, 2.05) is 0 Å². The molecular weight excluding hydrogens is 567 g/mol. The second kappa shape index (κ2) is 13.6. The minimum atomic E-state index is 0.610. The van der Waals surface area contributed by atoms with E-state index in [2.05, 4.69) is 157 Å². The van der Waals surface area contributed by atoms with Crippen LogP contribution >= 0.6 is 0 Å². The summed E-state index contributed by atoms with van der Waals surface area (Å²) in [5, 5.41) is 2.58. The van der Waals surface area contributed by atoms with Gasteiger partial charge >= 0.3 is 0 Å². The van der Waals surface area contributed by atoms with Gasteiger partial charge in [-0.1, -0.05) is 127 Å². The molecule has 0 amide bonds. The van der Waals surface area contributed by atoms with Crippen LogP contribution < -0.4 is 4.90 Å². The van der Waals surface area contributed by atoms with E-state index in [0.29, 0.717) is 23.9 Å². The Hall–Kier alpha value is -4.62. The van der Waals surface area contributed by atoms with Crippen LogP contribution in [0.15, 0.2) is 152 Å². The third-order valence-electron chi connectivity index (χ3n) is 11.2. The van der Waals surface area contributed by atoms with Crippen molar-refractivity contribution in [1.82, 2.24) is 0 Å². The van der Waals surface area contributed by atoms with E-state index in [-0.39, 0.29) is 0 Å². The van der Waals surface area contributed by atoms with E-state index in [1.54, 1.807) is 0 Å². The predicted molar refractivity (Wildman–Crippen MR) is 200 cm³/mol. The molecule has 0 spiro atoms. The first-order valence-corrected chi connectivity index (χ1v) is 17.9. The van der Waals surface area contributed by atoms with Crippen molar-refractivity contribution >= 4 is 16.5 Å². The van der Waals surface area contributed by atoms with Crippen LogP contribution in [-0.2, 0) is 0 Å². The SMILES string of the molecule is c1ccc(-c2ccc3cc(-c4ccc(N(C5CCC(c6ccccc6)CC5)C5CCC(c6ccccc6)CC5)cc4)ccc3c2)cc1. The van der Waals surface area contributed by atoms with Crippen LogP contribution in [0.2, 0.25) is 0 Å². The van der Waals surface area contributed by atoms with E-state index >= 15 is 0 Å². The molecule has 1 heteroatoms. The van der Waals surface area contributed by atoms with Crippen LogP contribution in [-0.4, -0.2) is 12.1 Å². The van der Waals surface area contributed by atoms with E-state index in [4.69, 9.17) is 0 Å². The number of rotatable bonds is 7. The molecule has 0 N–H and O–H groups in total. The summed E-state index contributed by atoms with van der Waals surface area (Å²) in [7, 11) is 0. The molecule has 0 aromatic heterocycles. The van der Waals surface area contributed by atoms with Crippen molar-refractivity contribution in [3.63, 3.8) is 0 Å². The van der Waals surface area contributed by atoms with E-state index in [1.165, 1.54) is 101 Å². The summed E-state index contributed by atoms with van der Waals surface area (Å²) in [4.78, 5) is 2.87. The quantitative estimate of drug-likeness (QED) is 0.174. The van der Waals surface area contributed by atoms with E-state index in [0.717, 1.165) is 0 Å². The Bertz CT molecular complexity index is 1820. The predicted octanol–water partition coefficient (Wildman–Crippen LogP) is 12.4. The first-order valence-electron chi connectivity index (χ1n) is 17.9. The molecule has 2 aliphatic carbocycles. The maximum atomic E-state index is 2.87. The molecule has 6 aromatic carbocycles. The van der Waals surface area contributed by atoms with Crippen molar-refractivity contribution in [2.24, 2.45) is 0 Å². The van der Waals surface area contributed by atoms with Gasteiger partial charge in [0.25, 0.3) is 0 Å². The lowest BCUT2D eigenvalue weighted by atomic mass is 9.78. The fourth-order valence-corrected chi connectivity index (χ4v) is 8.61. The van der Waals surface area contributed by atoms with Crippen LogP contribution in [0.5, 0.6) is 0 Å². The molecule has 0 bridgehead atoms. The summed E-state index contributed by atoms with van der Waals surface area (Å²) in [5.74, 6) is 1.39. The minimum absolute atomic E-state index is 0.610. The van der Waals surface area contributed by atoms with Crippen molar-refractivity contribution in [2.75, 3.05) is 4.90 Å². The highest BCUT2D eigenvalue weighted by Crippen LogP contribution is 2.42. The van der Waals surface area contributed by atoms with Gasteiger partial charge in [0.15, 0.2) is 0 Å². The van der Waals surface area contributed by atoms with Gasteiger partial charge in [-0.3, -0.25) is 0 Å². The van der Waals surface area contributed by atoms with Gasteiger partial charge in [0.2, 0.25) is 0 Å². The van der Waals surface area contributed by atoms with Crippen LogP contribution in [0.1, 0.15) is 74.3 Å². The fourth-order valence-electron chi connectivity index (χ4n) is 8.61. The Balaban J connectivity index is 1.03. The lowest BCUT2D eigenvalue weighted by Gasteiger charge is -2.45. The minimum Gasteiger partial charge on any atom is -0.366 e. The Morgan fingerprint density at radius 2 is 0.723 bits per heavy atom. The van der Waals surface area contributed by atoms with Crippen molar-refractivity contribution < 1.29 is 0 Å². The number of anilines is 1. The second-order valence-corrected chi connectivity index (χ2v) is 13.9. The summed E-state index contributed by atoms with van der Waals surface area (Å²) in [6, 6.07) is 57.7. The zero-order valence-electron chi connectivity index (χ0n) is 27.3. The lowest BCUT2D eigenvalue weighted by Crippen LogP contribution is -2.46. The molecule has 0 heterocycles. The van der Waals surface area contributed by atoms with Gasteiger partial charge in [0.1, 0.15) is 0 Å². The normalized spacial score (nSPS) is 21.4. The average Bonchev–Trinajstić information content (AvgIpc) is 3.16. The Labute approximate surface area is 280 Å². The molecule has 0 radical (unpaired) electrons. The summed E-state index contributed by atoms with van der Waals surface area (Å²) < 4.78 is 0. The third-order valence-corrected chi connectivity index (χ3v) is 11.2. The standard InChI is InChI=1S/C46H45N/c1-4-10-34(11-5-1)37-20-26-44(27-21-37)47(45-28-22-38(23-29-45)35-12-6-2-7-13-35)46-30-24-39(25-31-46)41-17-19-42-32-40(16-18-43(42)33-41)36-14-8-3-9-15-36/h1-19,24-25,30-33,37-38,44-45H,20-23,26-29H2. The summed E-state index contributed by atoms with van der Waals surface area (Å²) in [6.45, 7) is 0. The smallest absolute Gasteiger partial charge is 0.0371 e. The van der Waals surface area contributed by atoms with Gasteiger partial charge in [-0.25, -0.2) is 0 Å². The maximum absolute atomic E-state index is 2.87. The van der Waals surface area contributed by atoms with Gasteiger partial charge in [0, 0.05) is 17.8 Å². The Morgan fingerprint density at radius 1 is 0.340 bits per heavy atom. The van der Waals surface area contributed by atoms with Crippen molar-refractivity contribution in [3.8, 4) is 22.3 Å².